The highest BCUT2D eigenvalue weighted by Crippen LogP contribution is 2.42. The number of carboxylic acid groups (broad SMARTS) is 1. The third-order valence-corrected chi connectivity index (χ3v) is 3.97. The second kappa shape index (κ2) is 8.33. The molecule has 0 aliphatic heterocycles. The Morgan fingerprint density at radius 2 is 1.48 bits per heavy atom. The van der Waals surface area contributed by atoms with Crippen LogP contribution in [0.15, 0.2) is 0 Å². The first kappa shape index (κ1) is 20.6. The van der Waals surface area contributed by atoms with Crippen molar-refractivity contribution in [1.82, 2.24) is 4.90 Å². The molecule has 0 saturated heterocycles. The molecule has 0 amide bonds. The molecule has 126 valence electrons. The number of aliphatic hydroxyl groups excluding tert-OH is 1. The third kappa shape index (κ3) is 10.1. The number of nitrogens with two attached hydrogens (primary N) is 1. The number of aliphatic hydroxyl groups is 1. The van der Waals surface area contributed by atoms with E-state index in [-0.39, 0.29) is 19.4 Å². The summed E-state index contributed by atoms with van der Waals surface area (Å²) in [4.78, 5) is 47.2. The van der Waals surface area contributed by atoms with Gasteiger partial charge in [-0.05, 0) is 12.8 Å². The molecule has 0 spiro atoms. The average Bonchev–Trinajstić information content (AvgIpc) is 2.23. The van der Waals surface area contributed by atoms with Crippen molar-refractivity contribution in [3.63, 3.8) is 0 Å². The van der Waals surface area contributed by atoms with Gasteiger partial charge >= 0.3 is 21.2 Å². The van der Waals surface area contributed by atoms with Crippen LogP contribution >= 0.6 is 15.2 Å². The highest BCUT2D eigenvalue weighted by Gasteiger charge is 2.34. The fourth-order valence-electron chi connectivity index (χ4n) is 1.65. The van der Waals surface area contributed by atoms with Gasteiger partial charge in [0.2, 0.25) is 0 Å². The van der Waals surface area contributed by atoms with Crippen molar-refractivity contribution in [2.24, 2.45) is 5.73 Å². The molecule has 0 saturated carbocycles. The summed E-state index contributed by atoms with van der Waals surface area (Å²) in [6, 6.07) is -1.56. The Morgan fingerprint density at radius 3 is 1.76 bits per heavy atom. The molecule has 0 fully saturated rings. The van der Waals surface area contributed by atoms with Gasteiger partial charge in [0, 0.05) is 6.54 Å². The zero-order chi connectivity index (χ0) is 16.8. The summed E-state index contributed by atoms with van der Waals surface area (Å²) in [5.41, 5.74) is 5.15. The lowest BCUT2D eigenvalue weighted by molar-refractivity contribution is -0.143. The Morgan fingerprint density at radius 1 is 1.05 bits per heavy atom. The molecule has 0 aromatic heterocycles. The molecule has 0 aromatic carbocycles. The SMILES string of the molecule is NC[C@H](O)CC[C@@H](C(=O)O)N(CP(=O)(O)O)CP(=O)(O)O. The van der Waals surface area contributed by atoms with Crippen molar-refractivity contribution < 1.29 is 43.7 Å². The molecule has 13 heteroatoms. The first-order valence-corrected chi connectivity index (χ1v) is 9.39. The summed E-state index contributed by atoms with van der Waals surface area (Å²) in [7, 11) is -9.45. The van der Waals surface area contributed by atoms with E-state index in [1.807, 2.05) is 0 Å². The van der Waals surface area contributed by atoms with Gasteiger partial charge in [0.05, 0.1) is 6.10 Å². The Kier molecular flexibility index (Phi) is 8.19. The van der Waals surface area contributed by atoms with Crippen LogP contribution < -0.4 is 5.73 Å². The topological polar surface area (TPSA) is 202 Å². The van der Waals surface area contributed by atoms with Crippen LogP contribution in [0, 0.1) is 0 Å². The second-order valence-electron chi connectivity index (χ2n) is 4.52. The molecule has 0 radical (unpaired) electrons. The van der Waals surface area contributed by atoms with Gasteiger partial charge in [0.1, 0.15) is 18.6 Å². The molecule has 0 aliphatic carbocycles. The van der Waals surface area contributed by atoms with Gasteiger partial charge in [0.25, 0.3) is 0 Å². The number of rotatable bonds is 10. The smallest absolute Gasteiger partial charge is 0.339 e. The van der Waals surface area contributed by atoms with Crippen LogP contribution in [-0.2, 0) is 13.9 Å². The van der Waals surface area contributed by atoms with E-state index >= 15 is 0 Å². The monoisotopic (exact) mass is 350 g/mol. The van der Waals surface area contributed by atoms with Gasteiger partial charge < -0.3 is 35.5 Å². The van der Waals surface area contributed by atoms with Crippen LogP contribution in [0.4, 0.5) is 0 Å². The van der Waals surface area contributed by atoms with Crippen molar-refractivity contribution >= 4 is 21.2 Å². The molecule has 0 heterocycles. The Bertz CT molecular complexity index is 409. The minimum Gasteiger partial charge on any atom is -0.480 e. The highest BCUT2D eigenvalue weighted by atomic mass is 31.2. The summed E-state index contributed by atoms with van der Waals surface area (Å²) in [6.07, 6.45) is -3.61. The van der Waals surface area contributed by atoms with Crippen LogP contribution in [0.25, 0.3) is 0 Å². The van der Waals surface area contributed by atoms with Gasteiger partial charge in [-0.2, -0.15) is 0 Å². The maximum atomic E-state index is 11.2. The van der Waals surface area contributed by atoms with E-state index in [0.29, 0.717) is 4.90 Å². The zero-order valence-electron chi connectivity index (χ0n) is 11.0. The predicted molar refractivity (Wildman–Crippen MR) is 71.4 cm³/mol. The summed E-state index contributed by atoms with van der Waals surface area (Å²) in [5.74, 6) is -1.51. The summed E-state index contributed by atoms with van der Waals surface area (Å²) in [6.45, 7) is -0.136. The van der Waals surface area contributed by atoms with Gasteiger partial charge in [-0.15, -0.1) is 0 Å². The predicted octanol–water partition coefficient (Wildman–Crippen LogP) is -1.89. The zero-order valence-corrected chi connectivity index (χ0v) is 12.8. The molecule has 0 aromatic rings. The number of carboxylic acids is 1. The van der Waals surface area contributed by atoms with E-state index < -0.39 is 45.9 Å². The lowest BCUT2D eigenvalue weighted by Gasteiger charge is -2.29. The van der Waals surface area contributed by atoms with Crippen LogP contribution in [-0.4, -0.2) is 71.9 Å². The molecule has 2 atom stereocenters. The molecular weight excluding hydrogens is 330 g/mol. The number of aliphatic carboxylic acids is 1. The molecule has 11 nitrogen and oxygen atoms in total. The normalized spacial score (nSPS) is 16.0. The molecule has 0 rings (SSSR count). The molecular formula is C8H20N2O9P2. The van der Waals surface area contributed by atoms with Crippen molar-refractivity contribution in [3.05, 3.63) is 0 Å². The van der Waals surface area contributed by atoms with Crippen molar-refractivity contribution in [3.8, 4) is 0 Å². The van der Waals surface area contributed by atoms with Gasteiger partial charge in [0.15, 0.2) is 0 Å². The minimum absolute atomic E-state index is 0.0910. The van der Waals surface area contributed by atoms with Crippen molar-refractivity contribution in [1.29, 1.82) is 0 Å². The van der Waals surface area contributed by atoms with Gasteiger partial charge in [-0.1, -0.05) is 0 Å². The van der Waals surface area contributed by atoms with Crippen molar-refractivity contribution in [2.45, 2.75) is 25.0 Å². The maximum absolute atomic E-state index is 11.2. The van der Waals surface area contributed by atoms with Crippen LogP contribution in [0.3, 0.4) is 0 Å². The Labute approximate surface area is 120 Å². The number of nitrogens with zero attached hydrogens (tertiary/aromatic N) is 1. The van der Waals surface area contributed by atoms with E-state index in [9.17, 15) is 19.0 Å². The van der Waals surface area contributed by atoms with Crippen LogP contribution in [0.5, 0.6) is 0 Å². The lowest BCUT2D eigenvalue weighted by atomic mass is 10.1. The standard InChI is InChI=1S/C8H20N2O9P2/c9-3-6(11)1-2-7(8(12)13)10(4-20(14,15)16)5-21(17,18)19/h6-7,11H,1-5,9H2,(H,12,13)(H2,14,15,16)(H2,17,18,19)/t6-,7+/m1/s1. The Balaban J connectivity index is 5.14. The van der Waals surface area contributed by atoms with Gasteiger partial charge in [-0.3, -0.25) is 18.8 Å². The third-order valence-electron chi connectivity index (χ3n) is 2.50. The van der Waals surface area contributed by atoms with Gasteiger partial charge in [-0.25, -0.2) is 0 Å². The summed E-state index contributed by atoms with van der Waals surface area (Å²) < 4.78 is 22.0. The second-order valence-corrected chi connectivity index (χ2v) is 7.75. The average molecular weight is 350 g/mol. The fraction of sp³-hybridized carbons (Fsp3) is 0.875. The maximum Gasteiger partial charge on any atom is 0.339 e. The summed E-state index contributed by atoms with van der Waals surface area (Å²) >= 11 is 0. The van der Waals surface area contributed by atoms with E-state index in [0.717, 1.165) is 0 Å². The van der Waals surface area contributed by atoms with Crippen LogP contribution in [0.2, 0.25) is 0 Å². The molecule has 0 bridgehead atoms. The highest BCUT2D eigenvalue weighted by molar-refractivity contribution is 7.52. The largest absolute Gasteiger partial charge is 0.480 e. The number of carbonyl (C=O) groups is 1. The first-order valence-electron chi connectivity index (χ1n) is 5.80. The minimum atomic E-state index is -4.72. The molecule has 21 heavy (non-hydrogen) atoms. The van der Waals surface area contributed by atoms with E-state index in [4.69, 9.17) is 30.4 Å². The molecule has 0 aliphatic rings. The number of hydrogen-bond acceptors (Lipinski definition) is 6. The molecule has 8 N–H and O–H groups in total. The van der Waals surface area contributed by atoms with E-state index in [1.54, 1.807) is 0 Å². The quantitative estimate of drug-likeness (QED) is 0.217. The lowest BCUT2D eigenvalue weighted by Crippen LogP contribution is -2.43. The van der Waals surface area contributed by atoms with Crippen molar-refractivity contribution in [2.75, 3.05) is 19.1 Å². The van der Waals surface area contributed by atoms with Crippen LogP contribution in [0.1, 0.15) is 12.8 Å². The first-order chi connectivity index (χ1) is 9.35. The van der Waals surface area contributed by atoms with E-state index in [2.05, 4.69) is 0 Å². The summed E-state index contributed by atoms with van der Waals surface area (Å²) in [5, 5.41) is 18.4. The number of hydrogen-bond donors (Lipinski definition) is 7. The fourth-order valence-corrected chi connectivity index (χ4v) is 3.34. The van der Waals surface area contributed by atoms with E-state index in [1.165, 1.54) is 0 Å². The Hall–Kier alpha value is -0.350. The molecule has 0 unspecified atom stereocenters.